The van der Waals surface area contributed by atoms with Crippen molar-refractivity contribution in [2.75, 3.05) is 0 Å². The molecule has 0 amide bonds. The highest BCUT2D eigenvalue weighted by Crippen LogP contribution is 2.39. The van der Waals surface area contributed by atoms with E-state index in [1.807, 2.05) is 12.1 Å². The van der Waals surface area contributed by atoms with Crippen LogP contribution in [0.2, 0.25) is 0 Å². The molecule has 0 aliphatic heterocycles. The molecule has 0 spiro atoms. The fourth-order valence-electron chi connectivity index (χ4n) is 1.99. The summed E-state index contributed by atoms with van der Waals surface area (Å²) in [4.78, 5) is 0.482. The Morgan fingerprint density at radius 1 is 1.05 bits per heavy atom. The molecule has 0 atom stereocenters. The highest BCUT2D eigenvalue weighted by molar-refractivity contribution is 7.80. The van der Waals surface area contributed by atoms with Gasteiger partial charge in [0, 0.05) is 16.7 Å². The van der Waals surface area contributed by atoms with Crippen molar-refractivity contribution in [3.63, 3.8) is 0 Å². The van der Waals surface area contributed by atoms with E-state index in [0.29, 0.717) is 10.7 Å². The summed E-state index contributed by atoms with van der Waals surface area (Å²) in [5, 5.41) is 10.5. The van der Waals surface area contributed by atoms with E-state index in [9.17, 15) is 5.11 Å². The molecule has 1 aromatic carbocycles. The van der Waals surface area contributed by atoms with Crippen LogP contribution < -0.4 is 11.3 Å². The first-order valence-electron chi connectivity index (χ1n) is 6.37. The summed E-state index contributed by atoms with van der Waals surface area (Å²) in [6, 6.07) is 3.82. The second-order valence-electron chi connectivity index (χ2n) is 6.89. The van der Waals surface area contributed by atoms with Gasteiger partial charge >= 0.3 is 0 Å². The minimum absolute atomic E-state index is 0.162. The molecular formula is C15H24N2OS. The van der Waals surface area contributed by atoms with Gasteiger partial charge in [-0.15, -0.1) is 0 Å². The number of nitrogens with one attached hydrogen (secondary N) is 1. The first-order valence-corrected chi connectivity index (χ1v) is 6.78. The van der Waals surface area contributed by atoms with Crippen LogP contribution in [0, 0.1) is 0 Å². The molecule has 0 aliphatic carbocycles. The van der Waals surface area contributed by atoms with Gasteiger partial charge in [0.2, 0.25) is 0 Å². The van der Waals surface area contributed by atoms with Crippen LogP contribution in [0.25, 0.3) is 0 Å². The smallest absolute Gasteiger partial charge is 0.123 e. The number of hydrazine groups is 1. The quantitative estimate of drug-likeness (QED) is 0.420. The lowest BCUT2D eigenvalue weighted by atomic mass is 9.78. The van der Waals surface area contributed by atoms with E-state index in [4.69, 9.17) is 18.1 Å². The van der Waals surface area contributed by atoms with E-state index >= 15 is 0 Å². The van der Waals surface area contributed by atoms with Gasteiger partial charge in [0.15, 0.2) is 0 Å². The molecule has 0 bridgehead atoms. The first-order chi connectivity index (χ1) is 8.48. The number of aromatic hydroxyl groups is 1. The molecule has 106 valence electrons. The van der Waals surface area contributed by atoms with Crippen molar-refractivity contribution in [3.05, 3.63) is 28.8 Å². The zero-order chi connectivity index (χ0) is 15.0. The van der Waals surface area contributed by atoms with E-state index in [1.165, 1.54) is 0 Å². The Labute approximate surface area is 121 Å². The summed E-state index contributed by atoms with van der Waals surface area (Å²) in [6.07, 6.45) is 0. The van der Waals surface area contributed by atoms with Crippen LogP contribution in [0.5, 0.6) is 5.75 Å². The number of phenols is 1. The third-order valence-electron chi connectivity index (χ3n) is 3.12. The van der Waals surface area contributed by atoms with Gasteiger partial charge in [0.1, 0.15) is 10.7 Å². The third-order valence-corrected chi connectivity index (χ3v) is 3.47. The number of hydrogen-bond donors (Lipinski definition) is 3. The molecule has 0 heterocycles. The standard InChI is InChI=1S/C15H24N2OS/c1-14(2,3)10-7-9(13(19)17-16)8-11(12(10)18)15(4,5)6/h7-8,18H,16H2,1-6H3,(H,17,19). The second kappa shape index (κ2) is 5.10. The molecule has 1 rings (SSSR count). The van der Waals surface area contributed by atoms with Gasteiger partial charge < -0.3 is 10.5 Å². The molecule has 0 unspecified atom stereocenters. The Morgan fingerprint density at radius 3 is 1.68 bits per heavy atom. The summed E-state index contributed by atoms with van der Waals surface area (Å²) >= 11 is 5.21. The molecule has 4 N–H and O–H groups in total. The van der Waals surface area contributed by atoms with Crippen LogP contribution in [-0.4, -0.2) is 10.1 Å². The normalized spacial score (nSPS) is 12.4. The van der Waals surface area contributed by atoms with Crippen molar-refractivity contribution in [1.29, 1.82) is 0 Å². The lowest BCUT2D eigenvalue weighted by Gasteiger charge is -2.28. The van der Waals surface area contributed by atoms with Crippen LogP contribution in [0.3, 0.4) is 0 Å². The summed E-state index contributed by atoms with van der Waals surface area (Å²) in [5.41, 5.74) is 4.79. The van der Waals surface area contributed by atoms with Crippen LogP contribution in [0.1, 0.15) is 58.2 Å². The number of phenolic OH excluding ortho intramolecular Hbond substituents is 1. The van der Waals surface area contributed by atoms with E-state index in [2.05, 4.69) is 47.0 Å². The first kappa shape index (κ1) is 15.9. The monoisotopic (exact) mass is 280 g/mol. The topological polar surface area (TPSA) is 58.3 Å². The summed E-state index contributed by atoms with van der Waals surface area (Å²) in [6.45, 7) is 12.4. The van der Waals surface area contributed by atoms with Gasteiger partial charge in [-0.05, 0) is 23.0 Å². The minimum Gasteiger partial charge on any atom is -0.507 e. The van der Waals surface area contributed by atoms with Gasteiger partial charge in [0.05, 0.1) is 0 Å². The van der Waals surface area contributed by atoms with Crippen molar-refractivity contribution in [2.24, 2.45) is 5.84 Å². The molecule has 0 fully saturated rings. The highest BCUT2D eigenvalue weighted by atomic mass is 32.1. The van der Waals surface area contributed by atoms with Crippen LogP contribution >= 0.6 is 12.2 Å². The lowest BCUT2D eigenvalue weighted by Crippen LogP contribution is -2.30. The minimum atomic E-state index is -0.162. The fourth-order valence-corrected chi connectivity index (χ4v) is 2.11. The zero-order valence-corrected chi connectivity index (χ0v) is 13.4. The summed E-state index contributed by atoms with van der Waals surface area (Å²) in [7, 11) is 0. The Bertz CT molecular complexity index is 461. The largest absolute Gasteiger partial charge is 0.507 e. The molecule has 0 saturated carbocycles. The van der Waals surface area contributed by atoms with Crippen molar-refractivity contribution in [2.45, 2.75) is 52.4 Å². The molecule has 3 nitrogen and oxygen atoms in total. The second-order valence-corrected chi connectivity index (χ2v) is 7.30. The van der Waals surface area contributed by atoms with Gasteiger partial charge in [-0.25, -0.2) is 5.84 Å². The number of rotatable bonds is 1. The molecule has 4 heteroatoms. The Kier molecular flexibility index (Phi) is 4.27. The van der Waals surface area contributed by atoms with Crippen molar-refractivity contribution < 1.29 is 5.11 Å². The van der Waals surface area contributed by atoms with Gasteiger partial charge in [-0.2, -0.15) is 0 Å². The predicted molar refractivity (Wildman–Crippen MR) is 84.5 cm³/mol. The van der Waals surface area contributed by atoms with Crippen molar-refractivity contribution in [3.8, 4) is 5.75 Å². The van der Waals surface area contributed by atoms with Crippen molar-refractivity contribution >= 4 is 17.2 Å². The molecular weight excluding hydrogens is 256 g/mol. The highest BCUT2D eigenvalue weighted by Gasteiger charge is 2.27. The number of thiocarbonyl (C=S) groups is 1. The molecule has 0 saturated heterocycles. The summed E-state index contributed by atoms with van der Waals surface area (Å²) in [5.74, 6) is 5.76. The Balaban J connectivity index is 3.62. The van der Waals surface area contributed by atoms with E-state index in [0.717, 1.165) is 16.7 Å². The number of nitrogens with two attached hydrogens (primary N) is 1. The Hall–Kier alpha value is -1.13. The van der Waals surface area contributed by atoms with Crippen LogP contribution in [0.15, 0.2) is 12.1 Å². The molecule has 0 radical (unpaired) electrons. The van der Waals surface area contributed by atoms with Crippen LogP contribution in [0.4, 0.5) is 0 Å². The molecule has 19 heavy (non-hydrogen) atoms. The predicted octanol–water partition coefficient (Wildman–Crippen LogP) is 3.13. The average molecular weight is 280 g/mol. The molecule has 0 aliphatic rings. The molecule has 1 aromatic rings. The van der Waals surface area contributed by atoms with Gasteiger partial charge in [-0.1, -0.05) is 53.8 Å². The maximum Gasteiger partial charge on any atom is 0.123 e. The third kappa shape index (κ3) is 3.45. The number of hydrogen-bond acceptors (Lipinski definition) is 3. The van der Waals surface area contributed by atoms with E-state index in [-0.39, 0.29) is 10.8 Å². The van der Waals surface area contributed by atoms with Crippen LogP contribution in [-0.2, 0) is 10.8 Å². The average Bonchev–Trinajstić information content (AvgIpc) is 2.25. The van der Waals surface area contributed by atoms with Gasteiger partial charge in [0.25, 0.3) is 0 Å². The fraction of sp³-hybridized carbons (Fsp3) is 0.533. The van der Waals surface area contributed by atoms with Gasteiger partial charge in [-0.3, -0.25) is 0 Å². The lowest BCUT2D eigenvalue weighted by molar-refractivity contribution is 0.423. The zero-order valence-electron chi connectivity index (χ0n) is 12.6. The Morgan fingerprint density at radius 2 is 1.42 bits per heavy atom. The maximum atomic E-state index is 10.5. The molecule has 0 aromatic heterocycles. The summed E-state index contributed by atoms with van der Waals surface area (Å²) < 4.78 is 0. The van der Waals surface area contributed by atoms with Crippen molar-refractivity contribution in [1.82, 2.24) is 5.43 Å². The SMILES string of the molecule is CC(C)(C)c1cc(C(=S)NN)cc(C(C)(C)C)c1O. The van der Waals surface area contributed by atoms with E-state index < -0.39 is 0 Å². The maximum absolute atomic E-state index is 10.5. The number of benzene rings is 1. The van der Waals surface area contributed by atoms with E-state index in [1.54, 1.807) is 0 Å².